The smallest absolute Gasteiger partial charge is 0.288 e. The number of carbonyl (C=O) groups excluding carboxylic acids is 1. The van der Waals surface area contributed by atoms with Crippen molar-refractivity contribution in [3.63, 3.8) is 0 Å². The van der Waals surface area contributed by atoms with Crippen LogP contribution in [-0.4, -0.2) is 42.9 Å². The molecule has 2 rings (SSSR count). The number of hydrazone groups is 1. The van der Waals surface area contributed by atoms with Gasteiger partial charge in [0.25, 0.3) is 16.0 Å². The first-order valence-electron chi connectivity index (χ1n) is 4.27. The van der Waals surface area contributed by atoms with Gasteiger partial charge in [-0.15, -0.1) is 0 Å². The molecule has 1 amide bonds. The highest BCUT2D eigenvalue weighted by atomic mass is 32.2. The Morgan fingerprint density at radius 3 is 2.75 bits per heavy atom. The number of amides is 1. The van der Waals surface area contributed by atoms with Gasteiger partial charge in [-0.2, -0.15) is 13.5 Å². The zero-order valence-corrected chi connectivity index (χ0v) is 9.31. The summed E-state index contributed by atoms with van der Waals surface area (Å²) in [7, 11) is -3.67. The molecule has 16 heavy (non-hydrogen) atoms. The second-order valence-electron chi connectivity index (χ2n) is 3.05. The molecule has 2 aliphatic rings. The summed E-state index contributed by atoms with van der Waals surface area (Å²) in [5.74, 6) is -0.142. The normalized spacial score (nSPS) is 18.0. The molecule has 0 atom stereocenters. The third-order valence-corrected chi connectivity index (χ3v) is 1.60. The maximum atomic E-state index is 11.1. The second-order valence-corrected chi connectivity index (χ2v) is 4.52. The number of carbonyl (C=O) groups is 1. The van der Waals surface area contributed by atoms with Crippen LogP contribution in [0.15, 0.2) is 29.0 Å². The fraction of sp³-hybridized carbons (Fsp3) is 0.250. The van der Waals surface area contributed by atoms with Crippen molar-refractivity contribution in [2.24, 2.45) is 5.10 Å². The molecular formula is C8H11N3O4S. The summed E-state index contributed by atoms with van der Waals surface area (Å²) in [6.45, 7) is 0.725. The van der Waals surface area contributed by atoms with Crippen molar-refractivity contribution in [2.75, 3.05) is 12.8 Å². The SMILES string of the molecule is CS(=O)(=O)O.O=C1NN=CN2CC=CC=C12. The molecule has 88 valence electrons. The molecule has 2 heterocycles. The van der Waals surface area contributed by atoms with Crippen LogP contribution in [0.4, 0.5) is 0 Å². The predicted octanol–water partition coefficient (Wildman–Crippen LogP) is -0.681. The molecule has 0 aromatic heterocycles. The van der Waals surface area contributed by atoms with E-state index in [1.54, 1.807) is 17.3 Å². The summed E-state index contributed by atoms with van der Waals surface area (Å²) in [6, 6.07) is 0. The van der Waals surface area contributed by atoms with Crippen LogP contribution in [0, 0.1) is 0 Å². The van der Waals surface area contributed by atoms with Gasteiger partial charge in [0.15, 0.2) is 0 Å². The van der Waals surface area contributed by atoms with Gasteiger partial charge < -0.3 is 4.90 Å². The predicted molar refractivity (Wildman–Crippen MR) is 58.0 cm³/mol. The average Bonchev–Trinajstić information content (AvgIpc) is 2.16. The molecule has 0 aromatic rings. The number of fused-ring (bicyclic) bond motifs is 1. The fourth-order valence-electron chi connectivity index (χ4n) is 1.06. The monoisotopic (exact) mass is 245 g/mol. The van der Waals surface area contributed by atoms with Crippen molar-refractivity contribution < 1.29 is 17.8 Å². The van der Waals surface area contributed by atoms with Gasteiger partial charge in [0.2, 0.25) is 0 Å². The highest BCUT2D eigenvalue weighted by Crippen LogP contribution is 2.09. The minimum atomic E-state index is -3.67. The van der Waals surface area contributed by atoms with E-state index < -0.39 is 10.1 Å². The lowest BCUT2D eigenvalue weighted by Gasteiger charge is -2.24. The first-order valence-corrected chi connectivity index (χ1v) is 6.12. The van der Waals surface area contributed by atoms with E-state index in [0.717, 1.165) is 6.54 Å². The summed E-state index contributed by atoms with van der Waals surface area (Å²) in [5, 5.41) is 3.67. The van der Waals surface area contributed by atoms with E-state index in [0.29, 0.717) is 12.0 Å². The first-order chi connectivity index (χ1) is 7.38. The average molecular weight is 245 g/mol. The van der Waals surface area contributed by atoms with Gasteiger partial charge in [-0.1, -0.05) is 12.2 Å². The summed E-state index contributed by atoms with van der Waals surface area (Å²) in [6.07, 6.45) is 7.92. The maximum absolute atomic E-state index is 11.1. The van der Waals surface area contributed by atoms with Crippen molar-refractivity contribution >= 4 is 22.4 Å². The minimum absolute atomic E-state index is 0.142. The van der Waals surface area contributed by atoms with Crippen LogP contribution in [-0.2, 0) is 14.9 Å². The fourth-order valence-corrected chi connectivity index (χ4v) is 1.06. The molecule has 0 aliphatic carbocycles. The summed E-state index contributed by atoms with van der Waals surface area (Å²) in [4.78, 5) is 12.9. The summed E-state index contributed by atoms with van der Waals surface area (Å²) >= 11 is 0. The van der Waals surface area contributed by atoms with Crippen LogP contribution in [0.25, 0.3) is 0 Å². The number of allylic oxidation sites excluding steroid dienone is 2. The Labute approximate surface area is 92.9 Å². The van der Waals surface area contributed by atoms with E-state index >= 15 is 0 Å². The molecule has 0 unspecified atom stereocenters. The molecular weight excluding hydrogens is 234 g/mol. The van der Waals surface area contributed by atoms with Crippen molar-refractivity contribution in [2.45, 2.75) is 0 Å². The van der Waals surface area contributed by atoms with Crippen molar-refractivity contribution in [1.29, 1.82) is 0 Å². The van der Waals surface area contributed by atoms with Crippen LogP contribution < -0.4 is 5.43 Å². The number of rotatable bonds is 0. The Hall–Kier alpha value is -1.67. The lowest BCUT2D eigenvalue weighted by atomic mass is 10.2. The quantitative estimate of drug-likeness (QED) is 0.551. The molecule has 0 fully saturated rings. The Balaban J connectivity index is 0.000000221. The van der Waals surface area contributed by atoms with Crippen LogP contribution in [0.5, 0.6) is 0 Å². The van der Waals surface area contributed by atoms with Crippen molar-refractivity contribution in [3.8, 4) is 0 Å². The molecule has 0 saturated heterocycles. The Bertz CT molecular complexity index is 456. The molecule has 0 aromatic carbocycles. The largest absolute Gasteiger partial charge is 0.322 e. The highest BCUT2D eigenvalue weighted by molar-refractivity contribution is 7.85. The first kappa shape index (κ1) is 12.4. The zero-order chi connectivity index (χ0) is 12.2. The maximum Gasteiger partial charge on any atom is 0.288 e. The van der Waals surface area contributed by atoms with Gasteiger partial charge >= 0.3 is 0 Å². The van der Waals surface area contributed by atoms with Gasteiger partial charge in [0, 0.05) is 6.54 Å². The van der Waals surface area contributed by atoms with Crippen LogP contribution >= 0.6 is 0 Å². The van der Waals surface area contributed by atoms with Gasteiger partial charge in [-0.25, -0.2) is 5.43 Å². The van der Waals surface area contributed by atoms with Gasteiger partial charge in [0.1, 0.15) is 12.0 Å². The molecule has 2 aliphatic heterocycles. The third-order valence-electron chi connectivity index (χ3n) is 1.60. The van der Waals surface area contributed by atoms with Gasteiger partial charge in [-0.3, -0.25) is 9.35 Å². The molecule has 0 radical (unpaired) electrons. The summed E-state index contributed by atoms with van der Waals surface area (Å²) in [5.41, 5.74) is 3.02. The zero-order valence-electron chi connectivity index (χ0n) is 8.49. The van der Waals surface area contributed by atoms with Gasteiger partial charge in [0.05, 0.1) is 6.26 Å². The number of hydrogen-bond donors (Lipinski definition) is 2. The highest BCUT2D eigenvalue weighted by Gasteiger charge is 2.19. The molecule has 0 spiro atoms. The Kier molecular flexibility index (Phi) is 3.80. The topological polar surface area (TPSA) is 99.1 Å². The molecule has 7 nitrogen and oxygen atoms in total. The van der Waals surface area contributed by atoms with Crippen molar-refractivity contribution in [1.82, 2.24) is 10.3 Å². The minimum Gasteiger partial charge on any atom is -0.322 e. The van der Waals surface area contributed by atoms with Crippen molar-refractivity contribution in [3.05, 3.63) is 23.9 Å². The molecule has 8 heteroatoms. The Morgan fingerprint density at radius 2 is 2.19 bits per heavy atom. The molecule has 0 bridgehead atoms. The number of hydrogen-bond acceptors (Lipinski definition) is 5. The van der Waals surface area contributed by atoms with E-state index in [4.69, 9.17) is 4.55 Å². The van der Waals surface area contributed by atoms with Crippen LogP contribution in [0.2, 0.25) is 0 Å². The van der Waals surface area contributed by atoms with E-state index in [1.165, 1.54) is 0 Å². The van der Waals surface area contributed by atoms with E-state index in [2.05, 4.69) is 10.5 Å². The number of nitrogens with one attached hydrogen (secondary N) is 1. The Morgan fingerprint density at radius 1 is 1.56 bits per heavy atom. The van der Waals surface area contributed by atoms with Gasteiger partial charge in [-0.05, 0) is 6.08 Å². The van der Waals surface area contributed by atoms with E-state index in [-0.39, 0.29) is 5.91 Å². The lowest BCUT2D eigenvalue weighted by molar-refractivity contribution is -0.118. The standard InChI is InChI=1S/C7H7N3O.CH4O3S/c11-7-6-3-1-2-4-10(6)5-8-9-7;1-5(2,3)4/h1-3,5H,4H2,(H,9,11);1H3,(H,2,3,4). The second kappa shape index (κ2) is 4.90. The molecule has 2 N–H and O–H groups in total. The molecule has 0 saturated carbocycles. The van der Waals surface area contributed by atoms with E-state index in [1.807, 2.05) is 12.2 Å². The third kappa shape index (κ3) is 4.24. The van der Waals surface area contributed by atoms with E-state index in [9.17, 15) is 13.2 Å². The number of nitrogens with zero attached hydrogens (tertiary/aromatic N) is 2. The van der Waals surface area contributed by atoms with Crippen LogP contribution in [0.3, 0.4) is 0 Å². The van der Waals surface area contributed by atoms with Crippen LogP contribution in [0.1, 0.15) is 0 Å². The summed E-state index contributed by atoms with van der Waals surface area (Å²) < 4.78 is 25.9. The lowest BCUT2D eigenvalue weighted by Crippen LogP contribution is -2.38.